The average Bonchev–Trinajstić information content (AvgIpc) is 3.78. The molecule has 0 spiro atoms. The molecule has 1 aromatic heterocycles. The number of nitrogens with one attached hydrogen (secondary N) is 5. The quantitative estimate of drug-likeness (QED) is 0.0909. The van der Waals surface area contributed by atoms with E-state index in [1.165, 1.54) is 25.3 Å². The molecule has 2 fully saturated rings. The summed E-state index contributed by atoms with van der Waals surface area (Å²) in [5.74, 6) is 1.10. The van der Waals surface area contributed by atoms with Crippen molar-refractivity contribution in [2.45, 2.75) is 85.3 Å². The number of aromatic nitrogens is 2. The zero-order chi connectivity index (χ0) is 42.6. The number of anilines is 1. The largest absolute Gasteiger partial charge is 0.573 e. The van der Waals surface area contributed by atoms with Crippen LogP contribution in [0, 0.1) is 17.3 Å². The fourth-order valence-electron chi connectivity index (χ4n) is 8.09. The van der Waals surface area contributed by atoms with E-state index in [1.54, 1.807) is 12.1 Å². The zero-order valence-corrected chi connectivity index (χ0v) is 34.9. The summed E-state index contributed by atoms with van der Waals surface area (Å²) in [5, 5.41) is 13.3. The molecular formula is C43H57F3N8O5. The number of fused-ring (bicyclic) bond motifs is 3. The standard InChI is InChI=1S/C43H57F3N8O5/c1-25(2)34(51-41(57)58-7)24-54-23-26(3)20-35(54)38-50-33-13-9-28-21-27(8-11-32(28)37(33)52-38)31-12-10-30(22-36(31)59-43(44,45)46)49-40(56)48-17-16-47-29-14-18-53(19-15-29)39(55)42(4,5)6/h8-13,21-22,25-26,29,34-35,47H,14-20,23-24H2,1-7H3,(H,50,52)(H,51,57)(H2,48,49,56). The molecule has 320 valence electrons. The molecule has 2 saturated heterocycles. The number of piperidine rings is 1. The number of nitrogens with zero attached hydrogens (tertiary/aromatic N) is 3. The normalized spacial score (nSPS) is 18.7. The van der Waals surface area contributed by atoms with E-state index < -0.39 is 29.7 Å². The summed E-state index contributed by atoms with van der Waals surface area (Å²) in [5.41, 5.74) is 2.01. The molecule has 0 bridgehead atoms. The van der Waals surface area contributed by atoms with Gasteiger partial charge < -0.3 is 40.6 Å². The lowest BCUT2D eigenvalue weighted by atomic mass is 9.93. The summed E-state index contributed by atoms with van der Waals surface area (Å²) in [4.78, 5) is 50.2. The maximum absolute atomic E-state index is 13.7. The lowest BCUT2D eigenvalue weighted by molar-refractivity contribution is -0.274. The summed E-state index contributed by atoms with van der Waals surface area (Å²) < 4.78 is 50.5. The van der Waals surface area contributed by atoms with E-state index in [9.17, 15) is 27.6 Å². The number of hydrogen-bond donors (Lipinski definition) is 5. The molecule has 3 aromatic carbocycles. The molecule has 5 N–H and O–H groups in total. The zero-order valence-electron chi connectivity index (χ0n) is 34.9. The second-order valence-corrected chi connectivity index (χ2v) is 17.2. The van der Waals surface area contributed by atoms with E-state index in [4.69, 9.17) is 9.72 Å². The van der Waals surface area contributed by atoms with Crippen molar-refractivity contribution < 1.29 is 37.0 Å². The Hall–Kier alpha value is -5.09. The topological polar surface area (TPSA) is 153 Å². The van der Waals surface area contributed by atoms with Crippen molar-refractivity contribution in [3.05, 3.63) is 54.4 Å². The third-order valence-corrected chi connectivity index (χ3v) is 11.2. The molecule has 59 heavy (non-hydrogen) atoms. The molecule has 6 rings (SSSR count). The maximum Gasteiger partial charge on any atom is 0.573 e. The fourth-order valence-corrected chi connectivity index (χ4v) is 8.09. The predicted molar refractivity (Wildman–Crippen MR) is 222 cm³/mol. The van der Waals surface area contributed by atoms with E-state index in [2.05, 4.69) is 56.7 Å². The van der Waals surface area contributed by atoms with Gasteiger partial charge in [0, 0.05) is 79.5 Å². The molecule has 0 aliphatic carbocycles. The van der Waals surface area contributed by atoms with Crippen LogP contribution in [0.2, 0.25) is 0 Å². The van der Waals surface area contributed by atoms with Gasteiger partial charge in [-0.3, -0.25) is 9.69 Å². The van der Waals surface area contributed by atoms with Crippen LogP contribution in [-0.4, -0.2) is 103 Å². The van der Waals surface area contributed by atoms with Crippen LogP contribution in [0.1, 0.15) is 72.7 Å². The van der Waals surface area contributed by atoms with Gasteiger partial charge in [0.15, 0.2) is 0 Å². The van der Waals surface area contributed by atoms with Gasteiger partial charge in [0.05, 0.1) is 24.2 Å². The van der Waals surface area contributed by atoms with Gasteiger partial charge in [-0.15, -0.1) is 13.2 Å². The number of alkyl halides is 3. The minimum absolute atomic E-state index is 0.00111. The summed E-state index contributed by atoms with van der Waals surface area (Å²) >= 11 is 0. The Kier molecular flexibility index (Phi) is 13.3. The van der Waals surface area contributed by atoms with Gasteiger partial charge in [0.1, 0.15) is 11.6 Å². The van der Waals surface area contributed by atoms with Crippen molar-refractivity contribution in [2.75, 3.05) is 51.7 Å². The molecule has 2 aliphatic rings. The molecule has 2 aliphatic heterocycles. The van der Waals surface area contributed by atoms with Crippen LogP contribution in [0.25, 0.3) is 32.9 Å². The Balaban J connectivity index is 1.12. The van der Waals surface area contributed by atoms with E-state index in [1.807, 2.05) is 43.9 Å². The molecule has 0 saturated carbocycles. The highest BCUT2D eigenvalue weighted by molar-refractivity contribution is 6.05. The molecule has 4 aromatic rings. The number of imidazole rings is 1. The number of halogens is 3. The van der Waals surface area contributed by atoms with Gasteiger partial charge in [0.2, 0.25) is 5.91 Å². The molecule has 3 heterocycles. The molecule has 0 radical (unpaired) electrons. The Morgan fingerprint density at radius 3 is 2.42 bits per heavy atom. The van der Waals surface area contributed by atoms with E-state index >= 15 is 0 Å². The number of likely N-dealkylation sites (tertiary alicyclic amines) is 2. The third-order valence-electron chi connectivity index (χ3n) is 11.2. The Morgan fingerprint density at radius 1 is 1.00 bits per heavy atom. The van der Waals surface area contributed by atoms with Gasteiger partial charge in [-0.05, 0) is 66.3 Å². The molecule has 16 heteroatoms. The van der Waals surface area contributed by atoms with Crippen molar-refractivity contribution >= 4 is 45.5 Å². The monoisotopic (exact) mass is 822 g/mol. The molecule has 3 unspecified atom stereocenters. The van der Waals surface area contributed by atoms with Crippen LogP contribution in [0.4, 0.5) is 28.4 Å². The minimum atomic E-state index is -4.97. The average molecular weight is 823 g/mol. The van der Waals surface area contributed by atoms with Crippen molar-refractivity contribution in [2.24, 2.45) is 17.3 Å². The number of benzene rings is 3. The van der Waals surface area contributed by atoms with Gasteiger partial charge in [-0.25, -0.2) is 14.6 Å². The lowest BCUT2D eigenvalue weighted by Crippen LogP contribution is -2.49. The van der Waals surface area contributed by atoms with Crippen molar-refractivity contribution in [3.63, 3.8) is 0 Å². The van der Waals surface area contributed by atoms with Crippen LogP contribution < -0.4 is 26.0 Å². The van der Waals surface area contributed by atoms with Gasteiger partial charge in [-0.2, -0.15) is 0 Å². The Morgan fingerprint density at radius 2 is 1.75 bits per heavy atom. The third kappa shape index (κ3) is 10.9. The smallest absolute Gasteiger partial charge is 0.453 e. The number of alkyl carbamates (subject to hydrolysis) is 1. The number of ether oxygens (including phenoxy) is 2. The highest BCUT2D eigenvalue weighted by Crippen LogP contribution is 2.40. The summed E-state index contributed by atoms with van der Waals surface area (Å²) in [6.45, 7) is 15.7. The van der Waals surface area contributed by atoms with Crippen LogP contribution >= 0.6 is 0 Å². The number of carbonyl (C=O) groups excluding carboxylic acids is 3. The summed E-state index contributed by atoms with van der Waals surface area (Å²) in [6, 6.07) is 13.0. The molecule has 4 amide bonds. The lowest BCUT2D eigenvalue weighted by Gasteiger charge is -2.36. The second kappa shape index (κ2) is 18.0. The Bertz CT molecular complexity index is 2130. The van der Waals surface area contributed by atoms with E-state index in [0.29, 0.717) is 44.2 Å². The number of methoxy groups -OCH3 is 1. The second-order valence-electron chi connectivity index (χ2n) is 17.2. The maximum atomic E-state index is 13.7. The molecule has 13 nitrogen and oxygen atoms in total. The fraction of sp³-hybridized carbons (Fsp3) is 0.535. The van der Waals surface area contributed by atoms with E-state index in [-0.39, 0.29) is 41.2 Å². The number of urea groups is 1. The van der Waals surface area contributed by atoms with Gasteiger partial charge in [-0.1, -0.05) is 59.7 Å². The first-order valence-corrected chi connectivity index (χ1v) is 20.4. The highest BCUT2D eigenvalue weighted by atomic mass is 19.4. The number of carbonyl (C=O) groups is 3. The highest BCUT2D eigenvalue weighted by Gasteiger charge is 2.36. The number of hydrogen-bond acceptors (Lipinski definition) is 8. The minimum Gasteiger partial charge on any atom is -0.453 e. The van der Waals surface area contributed by atoms with Crippen molar-refractivity contribution in [3.8, 4) is 16.9 Å². The van der Waals surface area contributed by atoms with Crippen LogP contribution in [0.3, 0.4) is 0 Å². The van der Waals surface area contributed by atoms with Crippen molar-refractivity contribution in [1.29, 1.82) is 0 Å². The predicted octanol–water partition coefficient (Wildman–Crippen LogP) is 7.79. The van der Waals surface area contributed by atoms with E-state index in [0.717, 1.165) is 53.4 Å². The SMILES string of the molecule is COC(=O)NC(CN1CC(C)CC1c1nc2c(ccc3cc(-c4ccc(NC(=O)NCCNC5CCN(C(=O)C(C)(C)C)CC5)cc4OC(F)(F)F)ccc32)[nH]1)C(C)C. The summed E-state index contributed by atoms with van der Waals surface area (Å²) in [7, 11) is 1.35. The Labute approximate surface area is 343 Å². The first-order chi connectivity index (χ1) is 27.9. The summed E-state index contributed by atoms with van der Waals surface area (Å²) in [6.07, 6.45) is -2.92. The van der Waals surface area contributed by atoms with Crippen LogP contribution in [-0.2, 0) is 9.53 Å². The van der Waals surface area contributed by atoms with Crippen LogP contribution in [0.15, 0.2) is 48.5 Å². The van der Waals surface area contributed by atoms with Gasteiger partial charge >= 0.3 is 18.5 Å². The van der Waals surface area contributed by atoms with Gasteiger partial charge in [0.25, 0.3) is 0 Å². The first kappa shape index (κ1) is 43.5. The number of aromatic amines is 1. The molecule has 3 atom stereocenters. The van der Waals surface area contributed by atoms with Crippen LogP contribution in [0.5, 0.6) is 5.75 Å². The number of amides is 4. The first-order valence-electron chi connectivity index (χ1n) is 20.4. The number of rotatable bonds is 12. The number of H-pyrrole nitrogens is 1. The van der Waals surface area contributed by atoms with Crippen molar-refractivity contribution in [1.82, 2.24) is 35.7 Å². The molecular weight excluding hydrogens is 766 g/mol.